The Morgan fingerprint density at radius 3 is 2.06 bits per heavy atom. The van der Waals surface area contributed by atoms with E-state index in [-0.39, 0.29) is 23.3 Å². The summed E-state index contributed by atoms with van der Waals surface area (Å²) in [5.41, 5.74) is 3.70. The highest BCUT2D eigenvalue weighted by atomic mass is 16.5. The third-order valence-corrected chi connectivity index (χ3v) is 5.92. The minimum Gasteiger partial charge on any atom is -0.508 e. The molecule has 3 aromatic rings. The minimum atomic E-state index is -0.0635. The Labute approximate surface area is 181 Å². The van der Waals surface area contributed by atoms with Crippen molar-refractivity contribution in [3.05, 3.63) is 70.8 Å². The Bertz CT molecular complexity index is 1060. The second-order valence-corrected chi connectivity index (χ2v) is 7.57. The van der Waals surface area contributed by atoms with Crippen molar-refractivity contribution in [1.29, 1.82) is 0 Å². The highest BCUT2D eigenvalue weighted by Crippen LogP contribution is 2.51. The van der Waals surface area contributed by atoms with Gasteiger partial charge in [0.15, 0.2) is 11.5 Å². The second-order valence-electron chi connectivity index (χ2n) is 7.57. The van der Waals surface area contributed by atoms with Crippen molar-refractivity contribution in [2.24, 2.45) is 0 Å². The smallest absolute Gasteiger partial charge is 0.203 e. The number of hydrogen-bond donors (Lipinski definition) is 2. The minimum absolute atomic E-state index is 0.0605. The number of rotatable bonds is 5. The summed E-state index contributed by atoms with van der Waals surface area (Å²) in [5.74, 6) is 2.68. The number of phenols is 2. The van der Waals surface area contributed by atoms with Crippen molar-refractivity contribution < 1.29 is 29.2 Å². The maximum absolute atomic E-state index is 10.2. The SMILES string of the molecule is COc1cc(C2COc3c(ccc(O)c3C)C2c2ccc(O)cc2)cc(OC)c1OC. The van der Waals surface area contributed by atoms with Crippen LogP contribution in [-0.2, 0) is 0 Å². The normalized spacial score (nSPS) is 17.4. The van der Waals surface area contributed by atoms with Crippen LogP contribution in [-0.4, -0.2) is 38.1 Å². The van der Waals surface area contributed by atoms with Crippen molar-refractivity contribution >= 4 is 0 Å². The highest BCUT2D eigenvalue weighted by Gasteiger charge is 2.35. The molecule has 0 spiro atoms. The lowest BCUT2D eigenvalue weighted by Gasteiger charge is -2.35. The standard InChI is InChI=1S/C25H26O6/c1-14-20(27)10-9-18-23(15-5-7-17(26)8-6-15)19(13-31-24(14)18)16-11-21(28-2)25(30-4)22(12-16)29-3/h5-12,19,23,26-27H,13H2,1-4H3. The van der Waals surface area contributed by atoms with Gasteiger partial charge in [-0.15, -0.1) is 0 Å². The summed E-state index contributed by atoms with van der Waals surface area (Å²) < 4.78 is 22.8. The zero-order valence-electron chi connectivity index (χ0n) is 18.0. The van der Waals surface area contributed by atoms with E-state index in [4.69, 9.17) is 18.9 Å². The Hall–Kier alpha value is -3.54. The van der Waals surface area contributed by atoms with E-state index < -0.39 is 0 Å². The number of aromatic hydroxyl groups is 2. The predicted molar refractivity (Wildman–Crippen MR) is 117 cm³/mol. The van der Waals surface area contributed by atoms with Crippen LogP contribution in [0.4, 0.5) is 0 Å². The van der Waals surface area contributed by atoms with Gasteiger partial charge in [0.1, 0.15) is 17.2 Å². The fraction of sp³-hybridized carbons (Fsp3) is 0.280. The van der Waals surface area contributed by atoms with Crippen LogP contribution in [0.15, 0.2) is 48.5 Å². The van der Waals surface area contributed by atoms with E-state index in [1.807, 2.05) is 37.3 Å². The van der Waals surface area contributed by atoms with Crippen LogP contribution in [0.1, 0.15) is 34.1 Å². The van der Waals surface area contributed by atoms with Gasteiger partial charge in [0.05, 0.1) is 27.9 Å². The molecular weight excluding hydrogens is 396 g/mol. The van der Waals surface area contributed by atoms with Gasteiger partial charge in [-0.1, -0.05) is 18.2 Å². The molecule has 2 N–H and O–H groups in total. The predicted octanol–water partition coefficient (Wildman–Crippen LogP) is 4.74. The average Bonchev–Trinajstić information content (AvgIpc) is 2.80. The molecule has 2 unspecified atom stereocenters. The van der Waals surface area contributed by atoms with Gasteiger partial charge in [-0.2, -0.15) is 0 Å². The lowest BCUT2D eigenvalue weighted by Crippen LogP contribution is -2.26. The first-order valence-electron chi connectivity index (χ1n) is 10.0. The van der Waals surface area contributed by atoms with Crippen LogP contribution >= 0.6 is 0 Å². The van der Waals surface area contributed by atoms with E-state index in [1.165, 1.54) is 0 Å². The van der Waals surface area contributed by atoms with E-state index in [9.17, 15) is 10.2 Å². The number of hydrogen-bond acceptors (Lipinski definition) is 6. The lowest BCUT2D eigenvalue weighted by molar-refractivity contribution is 0.244. The molecule has 2 atom stereocenters. The van der Waals surface area contributed by atoms with Crippen LogP contribution < -0.4 is 18.9 Å². The molecule has 0 radical (unpaired) electrons. The van der Waals surface area contributed by atoms with Gasteiger partial charge >= 0.3 is 0 Å². The van der Waals surface area contributed by atoms with E-state index in [2.05, 4.69) is 0 Å². The summed E-state index contributed by atoms with van der Waals surface area (Å²) in [6.45, 7) is 2.25. The molecule has 1 aliphatic heterocycles. The molecule has 3 aromatic carbocycles. The average molecular weight is 422 g/mol. The first-order valence-corrected chi connectivity index (χ1v) is 10.0. The molecule has 6 heteroatoms. The summed E-state index contributed by atoms with van der Waals surface area (Å²) in [4.78, 5) is 0. The molecule has 162 valence electrons. The second kappa shape index (κ2) is 8.30. The molecule has 6 nitrogen and oxygen atoms in total. The van der Waals surface area contributed by atoms with Crippen LogP contribution in [0.3, 0.4) is 0 Å². The Kier molecular flexibility index (Phi) is 5.55. The van der Waals surface area contributed by atoms with Crippen molar-refractivity contribution in [3.63, 3.8) is 0 Å². The van der Waals surface area contributed by atoms with Crippen LogP contribution in [0, 0.1) is 6.92 Å². The van der Waals surface area contributed by atoms with Crippen molar-refractivity contribution in [2.75, 3.05) is 27.9 Å². The number of ether oxygens (including phenoxy) is 4. The van der Waals surface area contributed by atoms with Gasteiger partial charge in [-0.25, -0.2) is 0 Å². The molecule has 0 bridgehead atoms. The molecule has 1 heterocycles. The van der Waals surface area contributed by atoms with Gasteiger partial charge in [-0.05, 0) is 48.4 Å². The fourth-order valence-electron chi connectivity index (χ4n) is 4.32. The monoisotopic (exact) mass is 422 g/mol. The van der Waals surface area contributed by atoms with Gasteiger partial charge in [0.2, 0.25) is 5.75 Å². The molecule has 0 aliphatic carbocycles. The Balaban J connectivity index is 1.90. The first kappa shape index (κ1) is 20.7. The summed E-state index contributed by atoms with van der Waals surface area (Å²) in [5, 5.41) is 20.0. The van der Waals surface area contributed by atoms with Crippen LogP contribution in [0.25, 0.3) is 0 Å². The highest BCUT2D eigenvalue weighted by molar-refractivity contribution is 5.59. The van der Waals surface area contributed by atoms with E-state index >= 15 is 0 Å². The molecule has 0 amide bonds. The molecular formula is C25H26O6. The Morgan fingerprint density at radius 1 is 0.839 bits per heavy atom. The van der Waals surface area contributed by atoms with Crippen molar-refractivity contribution in [2.45, 2.75) is 18.8 Å². The molecule has 0 fully saturated rings. The Morgan fingerprint density at radius 2 is 1.48 bits per heavy atom. The molecule has 1 aliphatic rings. The summed E-state index contributed by atoms with van der Waals surface area (Å²) >= 11 is 0. The number of phenolic OH excluding ortho intramolecular Hbond substituents is 2. The topological polar surface area (TPSA) is 77.4 Å². The van der Waals surface area contributed by atoms with Crippen LogP contribution in [0.5, 0.6) is 34.5 Å². The third-order valence-electron chi connectivity index (χ3n) is 5.92. The van der Waals surface area contributed by atoms with E-state index in [0.717, 1.165) is 16.7 Å². The quantitative estimate of drug-likeness (QED) is 0.618. The third kappa shape index (κ3) is 3.58. The largest absolute Gasteiger partial charge is 0.508 e. The van der Waals surface area contributed by atoms with Gasteiger partial charge in [-0.3, -0.25) is 0 Å². The zero-order valence-corrected chi connectivity index (χ0v) is 18.0. The first-order chi connectivity index (χ1) is 15.0. The molecule has 0 saturated carbocycles. The van der Waals surface area contributed by atoms with E-state index in [1.54, 1.807) is 39.5 Å². The van der Waals surface area contributed by atoms with Crippen molar-refractivity contribution in [1.82, 2.24) is 0 Å². The summed E-state index contributed by atoms with van der Waals surface area (Å²) in [7, 11) is 4.77. The number of fused-ring (bicyclic) bond motifs is 1. The summed E-state index contributed by atoms with van der Waals surface area (Å²) in [6, 6.07) is 14.7. The fourth-order valence-corrected chi connectivity index (χ4v) is 4.32. The maximum atomic E-state index is 10.2. The van der Waals surface area contributed by atoms with Crippen molar-refractivity contribution in [3.8, 4) is 34.5 Å². The molecule has 4 rings (SSSR count). The summed E-state index contributed by atoms with van der Waals surface area (Å²) in [6.07, 6.45) is 0. The van der Waals surface area contributed by atoms with Gasteiger partial charge in [0.25, 0.3) is 0 Å². The van der Waals surface area contributed by atoms with Crippen LogP contribution in [0.2, 0.25) is 0 Å². The number of methoxy groups -OCH3 is 3. The lowest BCUT2D eigenvalue weighted by atomic mass is 9.75. The maximum Gasteiger partial charge on any atom is 0.203 e. The molecule has 31 heavy (non-hydrogen) atoms. The van der Waals surface area contributed by atoms with E-state index in [0.29, 0.717) is 35.2 Å². The zero-order chi connectivity index (χ0) is 22.1. The van der Waals surface area contributed by atoms with Gasteiger partial charge < -0.3 is 29.2 Å². The molecule has 0 saturated heterocycles. The molecule has 0 aromatic heterocycles. The van der Waals surface area contributed by atoms with Gasteiger partial charge in [0, 0.05) is 23.0 Å². The number of benzene rings is 3.